The Balaban J connectivity index is 2.30. The minimum absolute atomic E-state index is 0.0259. The Hall–Kier alpha value is -1.11. The zero-order chi connectivity index (χ0) is 14.0. The number of hydrogen-bond acceptors (Lipinski definition) is 2. The van der Waals surface area contributed by atoms with Crippen molar-refractivity contribution in [3.05, 3.63) is 27.8 Å². The van der Waals surface area contributed by atoms with Crippen molar-refractivity contribution >= 4 is 40.1 Å². The lowest BCUT2D eigenvalue weighted by Gasteiger charge is -2.26. The van der Waals surface area contributed by atoms with Crippen LogP contribution >= 0.6 is 22.6 Å². The summed E-state index contributed by atoms with van der Waals surface area (Å²) >= 11 is 2.23. The van der Waals surface area contributed by atoms with Gasteiger partial charge >= 0.3 is 0 Å². The molecule has 1 aliphatic rings. The van der Waals surface area contributed by atoms with E-state index in [4.69, 9.17) is 0 Å². The van der Waals surface area contributed by atoms with E-state index < -0.39 is 6.04 Å². The topological polar surface area (TPSA) is 49.4 Å². The minimum atomic E-state index is -0.436. The van der Waals surface area contributed by atoms with Gasteiger partial charge in [-0.05, 0) is 52.8 Å². The van der Waals surface area contributed by atoms with Gasteiger partial charge in [0.15, 0.2) is 0 Å². The highest BCUT2D eigenvalue weighted by molar-refractivity contribution is 14.1. The van der Waals surface area contributed by atoms with E-state index in [2.05, 4.69) is 27.9 Å². The van der Waals surface area contributed by atoms with Crippen molar-refractivity contribution in [1.82, 2.24) is 5.32 Å². The molecule has 102 valence electrons. The van der Waals surface area contributed by atoms with E-state index in [1.807, 2.05) is 38.1 Å². The van der Waals surface area contributed by atoms with Crippen molar-refractivity contribution in [3.63, 3.8) is 0 Å². The number of rotatable bonds is 2. The number of carbonyl (C=O) groups excluding carboxylic acids is 2. The molecule has 1 aliphatic heterocycles. The first-order chi connectivity index (χ1) is 8.99. The van der Waals surface area contributed by atoms with Crippen molar-refractivity contribution in [2.75, 3.05) is 11.4 Å². The third-order valence-electron chi connectivity index (χ3n) is 3.22. The Morgan fingerprint density at radius 1 is 1.26 bits per heavy atom. The van der Waals surface area contributed by atoms with E-state index >= 15 is 0 Å². The van der Waals surface area contributed by atoms with Crippen LogP contribution in [-0.2, 0) is 9.59 Å². The Kier molecular flexibility index (Phi) is 4.44. The van der Waals surface area contributed by atoms with Gasteiger partial charge in [-0.15, -0.1) is 0 Å². The van der Waals surface area contributed by atoms with Crippen LogP contribution in [-0.4, -0.2) is 24.4 Å². The van der Waals surface area contributed by atoms with Crippen molar-refractivity contribution in [2.24, 2.45) is 5.92 Å². The summed E-state index contributed by atoms with van der Waals surface area (Å²) < 4.78 is 1.12. The molecule has 0 bridgehead atoms. The lowest BCUT2D eigenvalue weighted by Crippen LogP contribution is -2.47. The Bertz CT molecular complexity index is 485. The normalized spacial score (nSPS) is 20.4. The fraction of sp³-hybridized carbons (Fsp3) is 0.429. The molecule has 0 aromatic heterocycles. The van der Waals surface area contributed by atoms with Crippen LogP contribution in [0.3, 0.4) is 0 Å². The van der Waals surface area contributed by atoms with Crippen LogP contribution in [0, 0.1) is 9.49 Å². The average molecular weight is 372 g/mol. The maximum Gasteiger partial charge on any atom is 0.249 e. The highest BCUT2D eigenvalue weighted by atomic mass is 127. The van der Waals surface area contributed by atoms with E-state index in [0.29, 0.717) is 13.0 Å². The zero-order valence-corrected chi connectivity index (χ0v) is 13.2. The molecule has 1 saturated heterocycles. The van der Waals surface area contributed by atoms with Crippen LogP contribution in [0.1, 0.15) is 20.3 Å². The molecule has 1 atom stereocenters. The van der Waals surface area contributed by atoms with Crippen molar-refractivity contribution in [1.29, 1.82) is 0 Å². The summed E-state index contributed by atoms with van der Waals surface area (Å²) in [6.45, 7) is 4.33. The van der Waals surface area contributed by atoms with E-state index in [1.165, 1.54) is 0 Å². The molecule has 2 amide bonds. The first-order valence-corrected chi connectivity index (χ1v) is 7.43. The van der Waals surface area contributed by atoms with Gasteiger partial charge < -0.3 is 10.2 Å². The first-order valence-electron chi connectivity index (χ1n) is 6.35. The standard InChI is InChI=1S/C14H17IN2O2/c1-9(2)13-14(19)17(8-7-12(18)16-13)11-5-3-10(15)4-6-11/h3-6,9,13H,7-8H2,1-2H3,(H,16,18). The summed E-state index contributed by atoms with van der Waals surface area (Å²) in [6.07, 6.45) is 0.348. The van der Waals surface area contributed by atoms with Crippen LogP contribution in [0.4, 0.5) is 5.69 Å². The molecule has 5 heteroatoms. The van der Waals surface area contributed by atoms with Crippen LogP contribution in [0.5, 0.6) is 0 Å². The second-order valence-corrected chi connectivity index (χ2v) is 6.25. The number of hydrogen-bond donors (Lipinski definition) is 1. The van der Waals surface area contributed by atoms with Gasteiger partial charge in [-0.1, -0.05) is 13.8 Å². The third-order valence-corrected chi connectivity index (χ3v) is 3.94. The monoisotopic (exact) mass is 372 g/mol. The number of carbonyl (C=O) groups is 2. The molecule has 2 rings (SSSR count). The fourth-order valence-corrected chi connectivity index (χ4v) is 2.49. The van der Waals surface area contributed by atoms with E-state index in [9.17, 15) is 9.59 Å². The number of amides is 2. The number of nitrogens with one attached hydrogen (secondary N) is 1. The maximum absolute atomic E-state index is 12.5. The number of benzene rings is 1. The molecule has 1 unspecified atom stereocenters. The molecule has 1 heterocycles. The molecule has 0 aliphatic carbocycles. The number of anilines is 1. The maximum atomic E-state index is 12.5. The largest absolute Gasteiger partial charge is 0.344 e. The number of nitrogens with zero attached hydrogens (tertiary/aromatic N) is 1. The predicted octanol–water partition coefficient (Wildman–Crippen LogP) is 2.17. The van der Waals surface area contributed by atoms with Gasteiger partial charge in [-0.2, -0.15) is 0 Å². The highest BCUT2D eigenvalue weighted by Crippen LogP contribution is 2.21. The van der Waals surface area contributed by atoms with Gasteiger partial charge in [0.1, 0.15) is 6.04 Å². The van der Waals surface area contributed by atoms with Crippen LogP contribution < -0.4 is 10.2 Å². The summed E-state index contributed by atoms with van der Waals surface area (Å²) in [4.78, 5) is 25.9. The Morgan fingerprint density at radius 2 is 1.89 bits per heavy atom. The van der Waals surface area contributed by atoms with Crippen molar-refractivity contribution in [2.45, 2.75) is 26.3 Å². The fourth-order valence-electron chi connectivity index (χ4n) is 2.13. The zero-order valence-electron chi connectivity index (χ0n) is 11.0. The second kappa shape index (κ2) is 5.90. The molecule has 1 N–H and O–H groups in total. The lowest BCUT2D eigenvalue weighted by molar-refractivity contribution is -0.126. The SMILES string of the molecule is CC(C)C1NC(=O)CCN(c2ccc(I)cc2)C1=O. The van der Waals surface area contributed by atoms with Gasteiger partial charge in [0.25, 0.3) is 0 Å². The van der Waals surface area contributed by atoms with Crippen molar-refractivity contribution < 1.29 is 9.59 Å². The molecular weight excluding hydrogens is 355 g/mol. The molecule has 0 radical (unpaired) electrons. The van der Waals surface area contributed by atoms with E-state index in [1.54, 1.807) is 4.90 Å². The molecule has 19 heavy (non-hydrogen) atoms. The summed E-state index contributed by atoms with van der Waals surface area (Å²) in [7, 11) is 0. The van der Waals surface area contributed by atoms with Gasteiger partial charge in [0.05, 0.1) is 0 Å². The smallest absolute Gasteiger partial charge is 0.249 e. The van der Waals surface area contributed by atoms with Crippen LogP contribution in [0.25, 0.3) is 0 Å². The molecule has 1 aromatic rings. The summed E-state index contributed by atoms with van der Waals surface area (Å²) in [5.41, 5.74) is 0.854. The minimum Gasteiger partial charge on any atom is -0.344 e. The Morgan fingerprint density at radius 3 is 2.47 bits per heavy atom. The third kappa shape index (κ3) is 3.26. The van der Waals surface area contributed by atoms with Gasteiger partial charge in [-0.3, -0.25) is 9.59 Å². The van der Waals surface area contributed by atoms with Gasteiger partial charge in [-0.25, -0.2) is 0 Å². The van der Waals surface area contributed by atoms with E-state index in [0.717, 1.165) is 9.26 Å². The summed E-state index contributed by atoms with van der Waals surface area (Å²) in [6, 6.07) is 7.34. The lowest BCUT2D eigenvalue weighted by atomic mass is 10.0. The van der Waals surface area contributed by atoms with Crippen LogP contribution in [0.15, 0.2) is 24.3 Å². The molecule has 4 nitrogen and oxygen atoms in total. The molecule has 0 saturated carbocycles. The summed E-state index contributed by atoms with van der Waals surface area (Å²) in [5.74, 6) is 0.00279. The van der Waals surface area contributed by atoms with Crippen molar-refractivity contribution in [3.8, 4) is 0 Å². The molecule has 0 spiro atoms. The predicted molar refractivity (Wildman–Crippen MR) is 82.9 cm³/mol. The quantitative estimate of drug-likeness (QED) is 0.810. The van der Waals surface area contributed by atoms with Crippen LogP contribution in [0.2, 0.25) is 0 Å². The molecule has 1 aromatic carbocycles. The summed E-state index contributed by atoms with van der Waals surface area (Å²) in [5, 5.41) is 2.81. The van der Waals surface area contributed by atoms with E-state index in [-0.39, 0.29) is 17.7 Å². The first kappa shape index (κ1) is 14.3. The average Bonchev–Trinajstić information content (AvgIpc) is 2.51. The molecular formula is C14H17IN2O2. The second-order valence-electron chi connectivity index (χ2n) is 5.01. The Labute approximate surface area is 126 Å². The highest BCUT2D eigenvalue weighted by Gasteiger charge is 2.32. The number of halogens is 1. The molecule has 1 fully saturated rings. The van der Waals surface area contributed by atoms with Gasteiger partial charge in [0.2, 0.25) is 11.8 Å². The van der Waals surface area contributed by atoms with Gasteiger partial charge in [0, 0.05) is 22.2 Å².